The van der Waals surface area contributed by atoms with Crippen LogP contribution in [0.5, 0.6) is 11.6 Å². The Labute approximate surface area is 164 Å². The maximum Gasteiger partial charge on any atom is 0.219 e. The Morgan fingerprint density at radius 1 is 1.29 bits per heavy atom. The lowest BCUT2D eigenvalue weighted by Gasteiger charge is -2.26. The average molecular weight is 387 g/mol. The molecule has 1 aliphatic heterocycles. The van der Waals surface area contributed by atoms with Gasteiger partial charge in [-0.3, -0.25) is 4.90 Å². The van der Waals surface area contributed by atoms with Gasteiger partial charge < -0.3 is 20.5 Å². The van der Waals surface area contributed by atoms with Gasteiger partial charge in [0.2, 0.25) is 5.88 Å². The van der Waals surface area contributed by atoms with Crippen molar-refractivity contribution >= 4 is 5.96 Å². The molecule has 1 aliphatic rings. The first-order chi connectivity index (χ1) is 13.7. The molecule has 3 N–H and O–H groups in total. The highest BCUT2D eigenvalue weighted by molar-refractivity contribution is 5.77. The largest absolute Gasteiger partial charge is 0.439 e. The third kappa shape index (κ3) is 6.79. The molecule has 0 amide bonds. The molecule has 0 unspecified atom stereocenters. The van der Waals surface area contributed by atoms with E-state index in [9.17, 15) is 4.39 Å². The summed E-state index contributed by atoms with van der Waals surface area (Å²) in [6.07, 6.45) is 2.67. The molecule has 2 heterocycles. The van der Waals surface area contributed by atoms with Crippen molar-refractivity contribution in [1.29, 1.82) is 0 Å². The first kappa shape index (κ1) is 20.0. The van der Waals surface area contributed by atoms with E-state index in [1.807, 2.05) is 6.07 Å². The van der Waals surface area contributed by atoms with Gasteiger partial charge in [-0.05, 0) is 30.7 Å². The topological polar surface area (TPSA) is 85.0 Å². The zero-order chi connectivity index (χ0) is 19.6. The van der Waals surface area contributed by atoms with Gasteiger partial charge in [-0.25, -0.2) is 14.4 Å². The average Bonchev–Trinajstić information content (AvgIpc) is 2.71. The first-order valence-corrected chi connectivity index (χ1v) is 9.41. The lowest BCUT2D eigenvalue weighted by atomic mass is 10.3. The van der Waals surface area contributed by atoms with E-state index in [2.05, 4.69) is 20.2 Å². The molecule has 1 aromatic carbocycles. The summed E-state index contributed by atoms with van der Waals surface area (Å²) in [5, 5.41) is 3.13. The van der Waals surface area contributed by atoms with Crippen LogP contribution in [0.3, 0.4) is 0 Å². The Bertz CT molecular complexity index is 763. The van der Waals surface area contributed by atoms with Crippen LogP contribution in [0.2, 0.25) is 0 Å². The summed E-state index contributed by atoms with van der Waals surface area (Å²) in [4.78, 5) is 10.9. The molecule has 2 aromatic rings. The smallest absolute Gasteiger partial charge is 0.219 e. The molecular formula is C20H26FN5O2. The van der Waals surface area contributed by atoms with Crippen LogP contribution < -0.4 is 15.8 Å². The molecule has 7 nitrogen and oxygen atoms in total. The van der Waals surface area contributed by atoms with E-state index in [1.54, 1.807) is 24.4 Å². The number of morpholine rings is 1. The lowest BCUT2D eigenvalue weighted by molar-refractivity contribution is 0.0376. The maximum absolute atomic E-state index is 13.2. The molecule has 8 heteroatoms. The Morgan fingerprint density at radius 2 is 2.14 bits per heavy atom. The zero-order valence-electron chi connectivity index (χ0n) is 15.8. The minimum absolute atomic E-state index is 0.351. The van der Waals surface area contributed by atoms with Crippen LogP contribution in [-0.2, 0) is 11.3 Å². The summed E-state index contributed by atoms with van der Waals surface area (Å²) >= 11 is 0. The van der Waals surface area contributed by atoms with Gasteiger partial charge in [0.15, 0.2) is 5.96 Å². The van der Waals surface area contributed by atoms with Gasteiger partial charge in [0.25, 0.3) is 0 Å². The first-order valence-electron chi connectivity index (χ1n) is 9.41. The Balaban J connectivity index is 1.38. The van der Waals surface area contributed by atoms with E-state index in [0.29, 0.717) is 24.1 Å². The van der Waals surface area contributed by atoms with Crippen LogP contribution in [-0.4, -0.2) is 55.2 Å². The van der Waals surface area contributed by atoms with E-state index in [1.165, 1.54) is 12.1 Å². The normalized spacial score (nSPS) is 15.4. The van der Waals surface area contributed by atoms with Crippen molar-refractivity contribution in [1.82, 2.24) is 15.2 Å². The van der Waals surface area contributed by atoms with Crippen LogP contribution in [0.4, 0.5) is 4.39 Å². The number of aliphatic imine (C=N–C) groups is 1. The van der Waals surface area contributed by atoms with Gasteiger partial charge in [-0.15, -0.1) is 0 Å². The molecule has 28 heavy (non-hydrogen) atoms. The van der Waals surface area contributed by atoms with Crippen molar-refractivity contribution in [3.8, 4) is 11.6 Å². The highest BCUT2D eigenvalue weighted by Gasteiger charge is 2.09. The Kier molecular flexibility index (Phi) is 7.57. The number of rotatable bonds is 8. The number of nitrogens with one attached hydrogen (secondary N) is 1. The summed E-state index contributed by atoms with van der Waals surface area (Å²) in [5.41, 5.74) is 6.82. The van der Waals surface area contributed by atoms with E-state index in [-0.39, 0.29) is 5.82 Å². The molecule has 1 aromatic heterocycles. The van der Waals surface area contributed by atoms with Crippen LogP contribution in [0.25, 0.3) is 0 Å². The molecule has 0 atom stereocenters. The van der Waals surface area contributed by atoms with Gasteiger partial charge in [0, 0.05) is 38.0 Å². The maximum atomic E-state index is 13.2. The van der Waals surface area contributed by atoms with Crippen LogP contribution in [0.1, 0.15) is 12.0 Å². The summed E-state index contributed by atoms with van der Waals surface area (Å²) in [6, 6.07) is 9.52. The quantitative estimate of drug-likeness (QED) is 0.410. The molecule has 0 bridgehead atoms. The molecule has 3 rings (SSSR count). The van der Waals surface area contributed by atoms with Gasteiger partial charge in [-0.2, -0.15) is 0 Å². The number of halogens is 1. The van der Waals surface area contributed by atoms with Gasteiger partial charge in [0.05, 0.1) is 19.8 Å². The zero-order valence-corrected chi connectivity index (χ0v) is 15.8. The van der Waals surface area contributed by atoms with Crippen LogP contribution in [0, 0.1) is 5.82 Å². The minimum atomic E-state index is -0.351. The summed E-state index contributed by atoms with van der Waals surface area (Å²) in [7, 11) is 0. The fraction of sp³-hybridized carbons (Fsp3) is 0.400. The molecular weight excluding hydrogens is 361 g/mol. The van der Waals surface area contributed by atoms with E-state index >= 15 is 0 Å². The molecule has 0 radical (unpaired) electrons. The fourth-order valence-corrected chi connectivity index (χ4v) is 2.79. The monoisotopic (exact) mass is 387 g/mol. The van der Waals surface area contributed by atoms with Crippen molar-refractivity contribution in [3.63, 3.8) is 0 Å². The van der Waals surface area contributed by atoms with Crippen LogP contribution in [0.15, 0.2) is 47.6 Å². The minimum Gasteiger partial charge on any atom is -0.439 e. The number of pyridine rings is 1. The third-order valence-electron chi connectivity index (χ3n) is 4.31. The number of nitrogens with two attached hydrogens (primary N) is 1. The second-order valence-corrected chi connectivity index (χ2v) is 6.50. The molecule has 150 valence electrons. The van der Waals surface area contributed by atoms with Crippen LogP contribution >= 0.6 is 0 Å². The van der Waals surface area contributed by atoms with Crippen molar-refractivity contribution in [3.05, 3.63) is 54.0 Å². The number of guanidine groups is 1. The fourth-order valence-electron chi connectivity index (χ4n) is 2.79. The number of ether oxygens (including phenoxy) is 2. The van der Waals surface area contributed by atoms with E-state index < -0.39 is 0 Å². The summed E-state index contributed by atoms with van der Waals surface area (Å²) in [6.45, 7) is 5.86. The predicted molar refractivity (Wildman–Crippen MR) is 106 cm³/mol. The van der Waals surface area contributed by atoms with E-state index in [4.69, 9.17) is 15.2 Å². The van der Waals surface area contributed by atoms with Crippen molar-refractivity contribution in [2.45, 2.75) is 13.0 Å². The standard InChI is InChI=1S/C20H26FN5O2/c21-17-3-1-4-18(13-17)28-19-6-5-16(14-24-19)15-25-20(22)23-7-2-8-26-9-11-27-12-10-26/h1,3-6,13-14H,2,7-12,15H2,(H3,22,23,25). The number of hydrogen-bond acceptors (Lipinski definition) is 5. The Morgan fingerprint density at radius 3 is 2.89 bits per heavy atom. The summed E-state index contributed by atoms with van der Waals surface area (Å²) in [5.74, 6) is 0.870. The lowest BCUT2D eigenvalue weighted by Crippen LogP contribution is -2.39. The van der Waals surface area contributed by atoms with Crippen molar-refractivity contribution in [2.24, 2.45) is 10.7 Å². The second kappa shape index (κ2) is 10.6. The van der Waals surface area contributed by atoms with Gasteiger partial charge in [0.1, 0.15) is 11.6 Å². The van der Waals surface area contributed by atoms with Gasteiger partial charge in [-0.1, -0.05) is 12.1 Å². The molecule has 0 spiro atoms. The van der Waals surface area contributed by atoms with E-state index in [0.717, 1.165) is 51.4 Å². The highest BCUT2D eigenvalue weighted by atomic mass is 19.1. The third-order valence-corrected chi connectivity index (χ3v) is 4.31. The number of aromatic nitrogens is 1. The summed E-state index contributed by atoms with van der Waals surface area (Å²) < 4.78 is 24.0. The predicted octanol–water partition coefficient (Wildman–Crippen LogP) is 2.14. The molecule has 0 saturated carbocycles. The number of nitrogens with zero attached hydrogens (tertiary/aromatic N) is 3. The molecule has 0 aliphatic carbocycles. The van der Waals surface area contributed by atoms with Crippen molar-refractivity contribution in [2.75, 3.05) is 39.4 Å². The number of benzene rings is 1. The number of hydrogen-bond donors (Lipinski definition) is 2. The second-order valence-electron chi connectivity index (χ2n) is 6.50. The van der Waals surface area contributed by atoms with Crippen molar-refractivity contribution < 1.29 is 13.9 Å². The molecule has 1 saturated heterocycles. The highest BCUT2D eigenvalue weighted by Crippen LogP contribution is 2.20. The Hall–Kier alpha value is -2.71. The molecule has 1 fully saturated rings. The SMILES string of the molecule is NC(=NCc1ccc(Oc2cccc(F)c2)nc1)NCCCN1CCOCC1. The van der Waals surface area contributed by atoms with Gasteiger partial charge >= 0.3 is 0 Å².